The Balaban J connectivity index is 3.00. The third-order valence-corrected chi connectivity index (χ3v) is 2.55. The molecule has 0 radical (unpaired) electrons. The number of aryl methyl sites for hydroxylation is 1. The largest absolute Gasteiger partial charge is 0.466 e. The number of carbonyl (C=O) groups excluding carboxylic acids is 2. The first-order valence-electron chi connectivity index (χ1n) is 5.83. The van der Waals surface area contributed by atoms with Gasteiger partial charge in [-0.25, -0.2) is 0 Å². The van der Waals surface area contributed by atoms with E-state index in [1.165, 1.54) is 0 Å². The normalized spacial score (nSPS) is 9.56. The molecule has 1 rings (SSSR count). The molecular formula is C14H15NO3. The van der Waals surface area contributed by atoms with E-state index in [0.717, 1.165) is 11.8 Å². The molecule has 0 atom stereocenters. The Morgan fingerprint density at radius 2 is 2.28 bits per heavy atom. The van der Waals surface area contributed by atoms with Gasteiger partial charge in [-0.05, 0) is 30.5 Å². The Morgan fingerprint density at radius 1 is 1.50 bits per heavy atom. The van der Waals surface area contributed by atoms with Crippen molar-refractivity contribution in [3.63, 3.8) is 0 Å². The molecule has 0 bridgehead atoms. The molecule has 4 heteroatoms. The molecule has 94 valence electrons. The summed E-state index contributed by atoms with van der Waals surface area (Å²) >= 11 is 0. The zero-order chi connectivity index (χ0) is 13.4. The maximum absolute atomic E-state index is 11.5. The van der Waals surface area contributed by atoms with Crippen LogP contribution in [-0.4, -0.2) is 18.9 Å². The minimum absolute atomic E-state index is 0.0752. The van der Waals surface area contributed by atoms with Crippen LogP contribution >= 0.6 is 0 Å². The highest BCUT2D eigenvalue weighted by atomic mass is 16.5. The lowest BCUT2D eigenvalue weighted by atomic mass is 9.96. The minimum Gasteiger partial charge on any atom is -0.466 e. The predicted octanol–water partition coefficient (Wildman–Crippen LogP) is 1.80. The molecule has 18 heavy (non-hydrogen) atoms. The molecule has 4 nitrogen and oxygen atoms in total. The van der Waals surface area contributed by atoms with Gasteiger partial charge in [-0.3, -0.25) is 4.79 Å². The van der Waals surface area contributed by atoms with E-state index in [-0.39, 0.29) is 12.4 Å². The third kappa shape index (κ3) is 3.70. The molecule has 0 saturated carbocycles. The lowest BCUT2D eigenvalue weighted by molar-refractivity contribution is -0.142. The highest BCUT2D eigenvalue weighted by molar-refractivity contribution is 5.74. The highest BCUT2D eigenvalue weighted by Gasteiger charge is 2.13. The quantitative estimate of drug-likeness (QED) is 0.566. The molecule has 0 aliphatic rings. The fourth-order valence-electron chi connectivity index (χ4n) is 1.75. The van der Waals surface area contributed by atoms with Gasteiger partial charge in [0.2, 0.25) is 0 Å². The van der Waals surface area contributed by atoms with Gasteiger partial charge in [0.05, 0.1) is 24.7 Å². The van der Waals surface area contributed by atoms with Crippen LogP contribution < -0.4 is 0 Å². The van der Waals surface area contributed by atoms with E-state index in [1.54, 1.807) is 19.1 Å². The van der Waals surface area contributed by atoms with E-state index in [2.05, 4.69) is 6.07 Å². The number of esters is 1. The lowest BCUT2D eigenvalue weighted by Gasteiger charge is -2.09. The van der Waals surface area contributed by atoms with Crippen molar-refractivity contribution >= 4 is 12.3 Å². The second kappa shape index (κ2) is 7.23. The first-order valence-corrected chi connectivity index (χ1v) is 5.83. The number of nitriles is 1. The number of benzene rings is 1. The summed E-state index contributed by atoms with van der Waals surface area (Å²) in [6.07, 6.45) is 1.82. The minimum atomic E-state index is -0.354. The van der Waals surface area contributed by atoms with Crippen molar-refractivity contribution in [2.24, 2.45) is 0 Å². The van der Waals surface area contributed by atoms with Crippen LogP contribution in [0, 0.1) is 11.3 Å². The van der Waals surface area contributed by atoms with E-state index in [9.17, 15) is 9.59 Å². The van der Waals surface area contributed by atoms with Crippen molar-refractivity contribution in [1.29, 1.82) is 5.26 Å². The Hall–Kier alpha value is -2.15. The maximum atomic E-state index is 11.5. The van der Waals surface area contributed by atoms with Crippen molar-refractivity contribution in [2.45, 2.75) is 26.2 Å². The molecule has 0 heterocycles. The number of ether oxygens (including phenoxy) is 1. The molecule has 0 amide bonds. The van der Waals surface area contributed by atoms with Gasteiger partial charge < -0.3 is 9.53 Å². The van der Waals surface area contributed by atoms with Gasteiger partial charge >= 0.3 is 5.97 Å². The van der Waals surface area contributed by atoms with Gasteiger partial charge in [-0.15, -0.1) is 0 Å². The van der Waals surface area contributed by atoms with Gasteiger partial charge in [0.25, 0.3) is 0 Å². The van der Waals surface area contributed by atoms with Gasteiger partial charge in [-0.2, -0.15) is 5.26 Å². The van der Waals surface area contributed by atoms with Crippen LogP contribution in [0.1, 0.15) is 30.0 Å². The number of nitrogens with zero attached hydrogens (tertiary/aromatic N) is 1. The van der Waals surface area contributed by atoms with Gasteiger partial charge in [-0.1, -0.05) is 12.1 Å². The van der Waals surface area contributed by atoms with Crippen LogP contribution in [0.2, 0.25) is 0 Å². The van der Waals surface area contributed by atoms with Crippen LogP contribution in [-0.2, 0) is 27.2 Å². The molecular weight excluding hydrogens is 230 g/mol. The summed E-state index contributed by atoms with van der Waals surface area (Å²) in [6, 6.07) is 7.32. The summed E-state index contributed by atoms with van der Waals surface area (Å²) in [6.45, 7) is 2.05. The summed E-state index contributed by atoms with van der Waals surface area (Å²) < 4.78 is 4.89. The van der Waals surface area contributed by atoms with Crippen LogP contribution in [0.25, 0.3) is 0 Å². The number of rotatable bonds is 6. The van der Waals surface area contributed by atoms with Gasteiger partial charge in [0.15, 0.2) is 0 Å². The highest BCUT2D eigenvalue weighted by Crippen LogP contribution is 2.17. The number of aldehydes is 1. The zero-order valence-electron chi connectivity index (χ0n) is 10.3. The fraction of sp³-hybridized carbons (Fsp3) is 0.357. The summed E-state index contributed by atoms with van der Waals surface area (Å²) in [5.74, 6) is -0.354. The van der Waals surface area contributed by atoms with Crippen molar-refractivity contribution in [3.05, 3.63) is 34.9 Å². The van der Waals surface area contributed by atoms with Crippen LogP contribution in [0.3, 0.4) is 0 Å². The predicted molar refractivity (Wildman–Crippen MR) is 65.9 cm³/mol. The Labute approximate surface area is 106 Å². The van der Waals surface area contributed by atoms with Gasteiger partial charge in [0, 0.05) is 6.42 Å². The van der Waals surface area contributed by atoms with Crippen LogP contribution in [0.5, 0.6) is 0 Å². The lowest BCUT2D eigenvalue weighted by Crippen LogP contribution is -2.11. The van der Waals surface area contributed by atoms with Gasteiger partial charge in [0.1, 0.15) is 6.29 Å². The fourth-order valence-corrected chi connectivity index (χ4v) is 1.75. The molecule has 0 aliphatic heterocycles. The van der Waals surface area contributed by atoms with Crippen LogP contribution in [0.15, 0.2) is 18.2 Å². The monoisotopic (exact) mass is 245 g/mol. The standard InChI is InChI=1S/C14H15NO3/c1-2-18-14(17)9-13-11(7-4-8-16)5-3-6-12(13)10-15/h3,5-6,8H,2,4,7,9H2,1H3. The Kier molecular flexibility index (Phi) is 5.59. The Morgan fingerprint density at radius 3 is 2.89 bits per heavy atom. The van der Waals surface area contributed by atoms with Crippen molar-refractivity contribution < 1.29 is 14.3 Å². The third-order valence-electron chi connectivity index (χ3n) is 2.55. The maximum Gasteiger partial charge on any atom is 0.310 e. The molecule has 0 aliphatic carbocycles. The summed E-state index contributed by atoms with van der Waals surface area (Å²) in [5, 5.41) is 9.04. The molecule has 0 saturated heterocycles. The molecule has 0 aromatic heterocycles. The van der Waals surface area contributed by atoms with E-state index in [4.69, 9.17) is 10.00 Å². The summed E-state index contributed by atoms with van der Waals surface area (Å²) in [5.41, 5.74) is 1.99. The number of carbonyl (C=O) groups is 2. The molecule has 1 aromatic carbocycles. The molecule has 1 aromatic rings. The van der Waals surface area contributed by atoms with Crippen molar-refractivity contribution in [1.82, 2.24) is 0 Å². The van der Waals surface area contributed by atoms with Crippen molar-refractivity contribution in [2.75, 3.05) is 6.61 Å². The van der Waals surface area contributed by atoms with Crippen LogP contribution in [0.4, 0.5) is 0 Å². The second-order valence-corrected chi connectivity index (χ2v) is 3.74. The second-order valence-electron chi connectivity index (χ2n) is 3.74. The van der Waals surface area contributed by atoms with Crippen molar-refractivity contribution in [3.8, 4) is 6.07 Å². The SMILES string of the molecule is CCOC(=O)Cc1c(C#N)cccc1CCC=O. The molecule has 0 N–H and O–H groups in total. The van der Waals surface area contributed by atoms with E-state index < -0.39 is 0 Å². The average Bonchev–Trinajstić information content (AvgIpc) is 2.37. The topological polar surface area (TPSA) is 67.2 Å². The summed E-state index contributed by atoms with van der Waals surface area (Å²) in [4.78, 5) is 21.9. The first-order chi connectivity index (χ1) is 8.72. The number of hydrogen-bond donors (Lipinski definition) is 0. The van der Waals surface area contributed by atoms with E-state index >= 15 is 0 Å². The van der Waals surface area contributed by atoms with E-state index in [1.807, 2.05) is 6.07 Å². The Bertz CT molecular complexity index is 474. The van der Waals surface area contributed by atoms with E-state index in [0.29, 0.717) is 30.6 Å². The molecule has 0 unspecified atom stereocenters. The first kappa shape index (κ1) is 13.9. The smallest absolute Gasteiger partial charge is 0.310 e. The molecule has 0 fully saturated rings. The number of hydrogen-bond acceptors (Lipinski definition) is 4. The zero-order valence-corrected chi connectivity index (χ0v) is 10.3. The molecule has 0 spiro atoms. The average molecular weight is 245 g/mol. The summed E-state index contributed by atoms with van der Waals surface area (Å²) in [7, 11) is 0.